The van der Waals surface area contributed by atoms with Crippen molar-refractivity contribution in [3.05, 3.63) is 76.1 Å². The van der Waals surface area contributed by atoms with Crippen molar-refractivity contribution in [2.75, 3.05) is 30.3 Å². The molecule has 3 N–H and O–H groups in total. The lowest BCUT2D eigenvalue weighted by Crippen LogP contribution is -2.42. The molecule has 2 aliphatic rings. The van der Waals surface area contributed by atoms with Gasteiger partial charge in [0, 0.05) is 17.9 Å². The van der Waals surface area contributed by atoms with Gasteiger partial charge < -0.3 is 20.6 Å². The van der Waals surface area contributed by atoms with Crippen LogP contribution in [0.5, 0.6) is 0 Å². The number of fused-ring (bicyclic) bond motifs is 1. The molecule has 1 aromatic heterocycles. The molecular formula is C31H38ClN5O2. The number of aliphatic hydroxyl groups is 1. The van der Waals surface area contributed by atoms with Gasteiger partial charge in [0.15, 0.2) is 0 Å². The van der Waals surface area contributed by atoms with E-state index in [1.165, 1.54) is 5.56 Å². The fraction of sp³-hybridized carbons (Fsp3) is 0.452. The van der Waals surface area contributed by atoms with Crippen molar-refractivity contribution in [2.24, 2.45) is 0 Å². The molecule has 206 valence electrons. The Balaban J connectivity index is 1.21. The first-order valence-corrected chi connectivity index (χ1v) is 14.1. The molecule has 5 rings (SSSR count). The smallest absolute Gasteiger partial charge is 0.234 e. The maximum Gasteiger partial charge on any atom is 0.234 e. The van der Waals surface area contributed by atoms with Crippen LogP contribution in [0, 0.1) is 0 Å². The minimum atomic E-state index is -0.653. The number of nitrogens with one attached hydrogen (secondary N) is 2. The molecule has 0 radical (unpaired) electrons. The first-order chi connectivity index (χ1) is 18.5. The third kappa shape index (κ3) is 6.26. The van der Waals surface area contributed by atoms with Crippen LogP contribution < -0.4 is 10.6 Å². The second-order valence-corrected chi connectivity index (χ2v) is 12.4. The van der Waals surface area contributed by atoms with Crippen molar-refractivity contribution in [2.45, 2.75) is 70.3 Å². The van der Waals surface area contributed by atoms with E-state index >= 15 is 0 Å². The molecule has 0 spiro atoms. The summed E-state index contributed by atoms with van der Waals surface area (Å²) in [6, 6.07) is 14.5. The lowest BCUT2D eigenvalue weighted by atomic mass is 9.82. The lowest BCUT2D eigenvalue weighted by molar-refractivity contribution is -0.119. The van der Waals surface area contributed by atoms with Crippen LogP contribution in [0.15, 0.2) is 48.7 Å². The molecule has 0 saturated carbocycles. The third-order valence-electron chi connectivity index (χ3n) is 7.88. The predicted molar refractivity (Wildman–Crippen MR) is 157 cm³/mol. The predicted octanol–water partition coefficient (Wildman–Crippen LogP) is 5.84. The van der Waals surface area contributed by atoms with Gasteiger partial charge in [0.05, 0.1) is 27.9 Å². The van der Waals surface area contributed by atoms with Crippen LogP contribution in [0.4, 0.5) is 17.3 Å². The number of halogens is 1. The van der Waals surface area contributed by atoms with Crippen molar-refractivity contribution in [1.82, 2.24) is 14.9 Å². The van der Waals surface area contributed by atoms with E-state index in [0.29, 0.717) is 29.9 Å². The third-order valence-corrected chi connectivity index (χ3v) is 8.19. The Morgan fingerprint density at radius 3 is 2.54 bits per heavy atom. The Labute approximate surface area is 236 Å². The summed E-state index contributed by atoms with van der Waals surface area (Å²) in [5, 5.41) is 17.0. The van der Waals surface area contributed by atoms with Crippen molar-refractivity contribution in [3.8, 4) is 0 Å². The Morgan fingerprint density at radius 2 is 1.85 bits per heavy atom. The van der Waals surface area contributed by atoms with Gasteiger partial charge in [-0.3, -0.25) is 4.79 Å². The summed E-state index contributed by atoms with van der Waals surface area (Å²) in [4.78, 5) is 23.9. The number of benzene rings is 2. The second kappa shape index (κ2) is 10.9. The molecule has 0 bridgehead atoms. The molecule has 8 heteroatoms. The molecule has 2 aromatic carbocycles. The molecule has 1 fully saturated rings. The van der Waals surface area contributed by atoms with E-state index in [2.05, 4.69) is 50.8 Å². The Bertz CT molecular complexity index is 1340. The fourth-order valence-corrected chi connectivity index (χ4v) is 6.06. The van der Waals surface area contributed by atoms with Crippen molar-refractivity contribution >= 4 is 34.8 Å². The van der Waals surface area contributed by atoms with Gasteiger partial charge in [0.2, 0.25) is 11.9 Å². The normalized spacial score (nSPS) is 17.6. The highest BCUT2D eigenvalue weighted by Crippen LogP contribution is 2.40. The van der Waals surface area contributed by atoms with Gasteiger partial charge in [-0.1, -0.05) is 35.9 Å². The van der Waals surface area contributed by atoms with Crippen LogP contribution in [-0.4, -0.2) is 51.1 Å². The molecule has 1 saturated heterocycles. The maximum atomic E-state index is 12.4. The number of nitrogens with zero attached hydrogens (tertiary/aromatic N) is 3. The van der Waals surface area contributed by atoms with Crippen molar-refractivity contribution in [3.63, 3.8) is 0 Å². The zero-order chi connectivity index (χ0) is 27.8. The van der Waals surface area contributed by atoms with Crippen molar-refractivity contribution in [1.29, 1.82) is 0 Å². The molecule has 0 unspecified atom stereocenters. The second-order valence-electron chi connectivity index (χ2n) is 12.0. The van der Waals surface area contributed by atoms with E-state index in [9.17, 15) is 9.90 Å². The molecule has 1 amide bonds. The number of aryl methyl sites for hydroxylation is 2. The quantitative estimate of drug-likeness (QED) is 0.328. The highest BCUT2D eigenvalue weighted by Gasteiger charge is 2.39. The molecule has 0 atom stereocenters. The number of rotatable bonds is 8. The minimum Gasteiger partial charge on any atom is -0.389 e. The number of β-amino-alcohol motifs (C(OH)–C–C–N with tert-alkyl or cyclic N) is 1. The number of hydrogen-bond donors (Lipinski definition) is 3. The molecule has 3 heterocycles. The van der Waals surface area contributed by atoms with Crippen LogP contribution in [-0.2, 0) is 23.1 Å². The van der Waals surface area contributed by atoms with Crippen LogP contribution >= 0.6 is 11.6 Å². The molecule has 39 heavy (non-hydrogen) atoms. The molecule has 2 aliphatic heterocycles. The SMILES string of the molecule is CC(C)(O)CN1CCC(c2ccc(Nc3ncc(Cl)c(CCc4cccc5c4C(C)(C)C(=O)N5)n3)cc2)CC1. The molecule has 7 nitrogen and oxygen atoms in total. The fourth-order valence-electron chi connectivity index (χ4n) is 5.87. The van der Waals surface area contributed by atoms with Crippen LogP contribution in [0.3, 0.4) is 0 Å². The number of carbonyl (C=O) groups excluding carboxylic acids is 1. The minimum absolute atomic E-state index is 0.0266. The first-order valence-electron chi connectivity index (χ1n) is 13.8. The highest BCUT2D eigenvalue weighted by atomic mass is 35.5. The number of piperidine rings is 1. The Morgan fingerprint density at radius 1 is 1.13 bits per heavy atom. The summed E-state index contributed by atoms with van der Waals surface area (Å²) in [5.74, 6) is 1.07. The van der Waals surface area contributed by atoms with Crippen LogP contribution in [0.1, 0.15) is 68.8 Å². The van der Waals surface area contributed by atoms with E-state index in [1.54, 1.807) is 6.20 Å². The Hall–Kier alpha value is -3.00. The standard InChI is InChI=1S/C31H38ClN5O2/c1-30(2,39)19-37-16-14-21(15-17-37)20-8-11-23(12-9-20)34-29-33-18-24(32)25(36-29)13-10-22-6-5-7-26-27(22)31(3,4)28(38)35-26/h5-9,11-12,18,21,39H,10,13-17,19H2,1-4H3,(H,35,38)(H,33,34,36). The highest BCUT2D eigenvalue weighted by molar-refractivity contribution is 6.31. The van der Waals surface area contributed by atoms with Crippen LogP contribution in [0.2, 0.25) is 5.02 Å². The zero-order valence-corrected chi connectivity index (χ0v) is 24.0. The number of amides is 1. The van der Waals surface area contributed by atoms with E-state index in [-0.39, 0.29) is 5.91 Å². The summed E-state index contributed by atoms with van der Waals surface area (Å²) in [6.45, 7) is 10.4. The number of aromatic nitrogens is 2. The van der Waals surface area contributed by atoms with Crippen LogP contribution in [0.25, 0.3) is 0 Å². The monoisotopic (exact) mass is 547 g/mol. The summed E-state index contributed by atoms with van der Waals surface area (Å²) >= 11 is 6.48. The van der Waals surface area contributed by atoms with Crippen molar-refractivity contribution < 1.29 is 9.90 Å². The summed E-state index contributed by atoms with van der Waals surface area (Å²) in [5.41, 5.74) is 4.90. The summed E-state index contributed by atoms with van der Waals surface area (Å²) in [6.07, 6.45) is 5.20. The summed E-state index contributed by atoms with van der Waals surface area (Å²) < 4.78 is 0. The first kappa shape index (κ1) is 27.6. The number of likely N-dealkylation sites (tertiary alicyclic amines) is 1. The average Bonchev–Trinajstić information content (AvgIpc) is 3.12. The number of hydrogen-bond acceptors (Lipinski definition) is 6. The Kier molecular flexibility index (Phi) is 7.68. The van der Waals surface area contributed by atoms with Gasteiger partial charge >= 0.3 is 0 Å². The van der Waals surface area contributed by atoms with E-state index in [4.69, 9.17) is 16.6 Å². The topological polar surface area (TPSA) is 90.4 Å². The average molecular weight is 548 g/mol. The van der Waals surface area contributed by atoms with Gasteiger partial charge in [0.25, 0.3) is 0 Å². The molecular weight excluding hydrogens is 510 g/mol. The summed E-state index contributed by atoms with van der Waals surface area (Å²) in [7, 11) is 0. The lowest BCUT2D eigenvalue weighted by Gasteiger charge is -2.35. The van der Waals surface area contributed by atoms with E-state index in [1.807, 2.05) is 39.8 Å². The van der Waals surface area contributed by atoms with Gasteiger partial charge in [-0.25, -0.2) is 9.97 Å². The van der Waals surface area contributed by atoms with E-state index < -0.39 is 11.0 Å². The van der Waals surface area contributed by atoms with Gasteiger partial charge in [0.1, 0.15) is 0 Å². The number of anilines is 3. The zero-order valence-electron chi connectivity index (χ0n) is 23.2. The van der Waals surface area contributed by atoms with E-state index in [0.717, 1.165) is 60.5 Å². The van der Waals surface area contributed by atoms with Gasteiger partial charge in [-0.2, -0.15) is 0 Å². The number of carbonyl (C=O) groups is 1. The molecule has 3 aromatic rings. The van der Waals surface area contributed by atoms with Gasteiger partial charge in [-0.15, -0.1) is 0 Å². The van der Waals surface area contributed by atoms with Gasteiger partial charge in [-0.05, 0) is 107 Å². The molecule has 0 aliphatic carbocycles. The largest absolute Gasteiger partial charge is 0.389 e. The maximum absolute atomic E-state index is 12.4.